The smallest absolute Gasteiger partial charge is 0.231 e. The summed E-state index contributed by atoms with van der Waals surface area (Å²) in [7, 11) is 0. The second-order valence-corrected chi connectivity index (χ2v) is 7.17. The van der Waals surface area contributed by atoms with Crippen LogP contribution in [0, 0.1) is 0 Å². The number of hydrogen-bond acceptors (Lipinski definition) is 3. The number of hydrogen-bond donors (Lipinski definition) is 0. The molecule has 1 aliphatic heterocycles. The fourth-order valence-electron chi connectivity index (χ4n) is 2.93. The number of benzene rings is 3. The van der Waals surface area contributed by atoms with Gasteiger partial charge in [0.25, 0.3) is 0 Å². The molecule has 0 saturated carbocycles. The molecule has 3 aromatic carbocycles. The van der Waals surface area contributed by atoms with Gasteiger partial charge in [0.2, 0.25) is 5.78 Å². The zero-order valence-corrected chi connectivity index (χ0v) is 16.8. The topological polar surface area (TPSA) is 35.5 Å². The molecular weight excluding hydrogens is 407 g/mol. The third-order valence-corrected chi connectivity index (χ3v) is 5.03. The Morgan fingerprint density at radius 1 is 0.931 bits per heavy atom. The van der Waals surface area contributed by atoms with Gasteiger partial charge in [-0.25, -0.2) is 0 Å². The Kier molecular flexibility index (Phi) is 5.70. The maximum atomic E-state index is 12.6. The highest BCUT2D eigenvalue weighted by Crippen LogP contribution is 2.36. The Labute approximate surface area is 178 Å². The fourth-order valence-corrected chi connectivity index (χ4v) is 3.44. The Balaban J connectivity index is 1.47. The number of ether oxygens (including phenoxy) is 2. The minimum absolute atomic E-state index is 0.177. The molecule has 0 amide bonds. The average molecular weight is 423 g/mol. The number of carbonyl (C=O) groups is 1. The molecule has 1 heterocycles. The normalized spacial score (nSPS) is 14.3. The van der Waals surface area contributed by atoms with Crippen molar-refractivity contribution in [2.24, 2.45) is 0 Å². The first-order valence-electron chi connectivity index (χ1n) is 8.98. The van der Waals surface area contributed by atoms with Gasteiger partial charge in [0.05, 0.1) is 5.56 Å². The van der Waals surface area contributed by atoms with Crippen LogP contribution in [-0.4, -0.2) is 12.4 Å². The van der Waals surface area contributed by atoms with Crippen LogP contribution in [0.1, 0.15) is 21.5 Å². The van der Waals surface area contributed by atoms with Crippen LogP contribution in [0.3, 0.4) is 0 Å². The van der Waals surface area contributed by atoms with Crippen molar-refractivity contribution in [1.29, 1.82) is 0 Å². The standard InChI is InChI=1S/C24H16Cl2O3/c25-20-9-4-10-21(26)19(20)15-23-24(27)18-12-11-17(14-22(18)29-23)28-13-5-8-16-6-2-1-3-7-16/h1-12,14-15H,13H2/b8-5+,23-15-. The number of rotatable bonds is 5. The number of allylic oxidation sites excluding steroid dienone is 1. The fraction of sp³-hybridized carbons (Fsp3) is 0.0417. The molecule has 144 valence electrons. The van der Waals surface area contributed by atoms with E-state index in [2.05, 4.69) is 0 Å². The molecule has 3 nitrogen and oxygen atoms in total. The lowest BCUT2D eigenvalue weighted by Crippen LogP contribution is -1.98. The van der Waals surface area contributed by atoms with Crippen LogP contribution >= 0.6 is 23.2 Å². The average Bonchev–Trinajstić information content (AvgIpc) is 3.04. The van der Waals surface area contributed by atoms with Gasteiger partial charge >= 0.3 is 0 Å². The summed E-state index contributed by atoms with van der Waals surface area (Å²) in [6.45, 7) is 0.402. The van der Waals surface area contributed by atoms with Crippen molar-refractivity contribution >= 4 is 41.1 Å². The third-order valence-electron chi connectivity index (χ3n) is 4.37. The third kappa shape index (κ3) is 4.37. The minimum Gasteiger partial charge on any atom is -0.489 e. The highest BCUT2D eigenvalue weighted by Gasteiger charge is 2.28. The molecule has 0 saturated heterocycles. The molecule has 3 aromatic rings. The van der Waals surface area contributed by atoms with Crippen LogP contribution in [0.5, 0.6) is 11.5 Å². The zero-order chi connectivity index (χ0) is 20.2. The van der Waals surface area contributed by atoms with Crippen molar-refractivity contribution in [2.45, 2.75) is 0 Å². The first-order valence-corrected chi connectivity index (χ1v) is 9.74. The summed E-state index contributed by atoms with van der Waals surface area (Å²) < 4.78 is 11.5. The molecule has 0 aliphatic carbocycles. The van der Waals surface area contributed by atoms with Crippen LogP contribution in [0.25, 0.3) is 12.2 Å². The van der Waals surface area contributed by atoms with E-state index in [1.54, 1.807) is 42.5 Å². The van der Waals surface area contributed by atoms with Crippen molar-refractivity contribution in [3.63, 3.8) is 0 Å². The monoisotopic (exact) mass is 422 g/mol. The van der Waals surface area contributed by atoms with Crippen LogP contribution < -0.4 is 9.47 Å². The van der Waals surface area contributed by atoms with Gasteiger partial charge in [0, 0.05) is 21.7 Å². The molecule has 1 aliphatic rings. The zero-order valence-electron chi connectivity index (χ0n) is 15.3. The van der Waals surface area contributed by atoms with E-state index in [9.17, 15) is 4.79 Å². The summed E-state index contributed by atoms with van der Waals surface area (Å²) in [6, 6.07) is 20.3. The number of Topliss-reactive ketones (excluding diaryl/α,β-unsaturated/α-hetero) is 1. The van der Waals surface area contributed by atoms with E-state index in [4.69, 9.17) is 32.7 Å². The highest BCUT2D eigenvalue weighted by molar-refractivity contribution is 6.37. The van der Waals surface area contributed by atoms with Gasteiger partial charge in [-0.05, 0) is 42.0 Å². The van der Waals surface area contributed by atoms with E-state index in [1.165, 1.54) is 0 Å². The molecule has 0 bridgehead atoms. The first kappa shape index (κ1) is 19.3. The summed E-state index contributed by atoms with van der Waals surface area (Å²) in [6.07, 6.45) is 5.48. The van der Waals surface area contributed by atoms with Crippen molar-refractivity contribution < 1.29 is 14.3 Å². The van der Waals surface area contributed by atoms with Gasteiger partial charge in [-0.3, -0.25) is 4.79 Å². The summed E-state index contributed by atoms with van der Waals surface area (Å²) in [5.74, 6) is 1.03. The summed E-state index contributed by atoms with van der Waals surface area (Å²) >= 11 is 12.4. The molecule has 29 heavy (non-hydrogen) atoms. The van der Waals surface area contributed by atoms with E-state index < -0.39 is 0 Å². The molecule has 0 atom stereocenters. The minimum atomic E-state index is -0.216. The summed E-state index contributed by atoms with van der Waals surface area (Å²) in [4.78, 5) is 12.6. The van der Waals surface area contributed by atoms with E-state index >= 15 is 0 Å². The van der Waals surface area contributed by atoms with Gasteiger partial charge in [-0.1, -0.05) is 65.7 Å². The number of fused-ring (bicyclic) bond motifs is 1. The molecule has 0 spiro atoms. The van der Waals surface area contributed by atoms with Crippen LogP contribution in [-0.2, 0) is 0 Å². The van der Waals surface area contributed by atoms with Gasteiger partial charge in [-0.15, -0.1) is 0 Å². The Morgan fingerprint density at radius 2 is 1.69 bits per heavy atom. The lowest BCUT2D eigenvalue weighted by Gasteiger charge is -2.05. The summed E-state index contributed by atoms with van der Waals surface area (Å²) in [5.41, 5.74) is 2.13. The van der Waals surface area contributed by atoms with E-state index in [0.29, 0.717) is 39.3 Å². The van der Waals surface area contributed by atoms with Gasteiger partial charge in [0.1, 0.15) is 18.1 Å². The van der Waals surface area contributed by atoms with Crippen molar-refractivity contribution in [3.05, 3.63) is 105 Å². The van der Waals surface area contributed by atoms with Crippen LogP contribution in [0.2, 0.25) is 10.0 Å². The van der Waals surface area contributed by atoms with Crippen molar-refractivity contribution in [2.75, 3.05) is 6.61 Å². The van der Waals surface area contributed by atoms with Crippen LogP contribution in [0.15, 0.2) is 78.6 Å². The largest absolute Gasteiger partial charge is 0.489 e. The molecule has 0 N–H and O–H groups in total. The lowest BCUT2D eigenvalue weighted by molar-refractivity contribution is 0.101. The number of ketones is 1. The molecule has 0 radical (unpaired) electrons. The van der Waals surface area contributed by atoms with E-state index in [0.717, 1.165) is 5.56 Å². The van der Waals surface area contributed by atoms with Crippen molar-refractivity contribution in [3.8, 4) is 11.5 Å². The van der Waals surface area contributed by atoms with Crippen molar-refractivity contribution in [1.82, 2.24) is 0 Å². The maximum absolute atomic E-state index is 12.6. The number of carbonyl (C=O) groups excluding carboxylic acids is 1. The van der Waals surface area contributed by atoms with Crippen LogP contribution in [0.4, 0.5) is 0 Å². The lowest BCUT2D eigenvalue weighted by atomic mass is 10.1. The predicted molar refractivity (Wildman–Crippen MR) is 117 cm³/mol. The second kappa shape index (κ2) is 8.56. The van der Waals surface area contributed by atoms with Gasteiger partial charge < -0.3 is 9.47 Å². The summed E-state index contributed by atoms with van der Waals surface area (Å²) in [5, 5.41) is 0.901. The molecule has 4 rings (SSSR count). The molecule has 5 heteroatoms. The Bertz CT molecular complexity index is 1100. The highest BCUT2D eigenvalue weighted by atomic mass is 35.5. The molecular formula is C24H16Cl2O3. The first-order chi connectivity index (χ1) is 14.1. The van der Waals surface area contributed by atoms with Gasteiger partial charge in [0.15, 0.2) is 5.76 Å². The predicted octanol–water partition coefficient (Wildman–Crippen LogP) is 6.70. The molecule has 0 fully saturated rings. The van der Waals surface area contributed by atoms with E-state index in [1.807, 2.05) is 42.5 Å². The van der Waals surface area contributed by atoms with E-state index in [-0.39, 0.29) is 11.5 Å². The second-order valence-electron chi connectivity index (χ2n) is 6.36. The van der Waals surface area contributed by atoms with Gasteiger partial charge in [-0.2, -0.15) is 0 Å². The SMILES string of the molecule is O=C1/C(=C/c2c(Cl)cccc2Cl)Oc2cc(OC/C=C/c3ccccc3)ccc21. The number of halogens is 2. The molecule has 0 unspecified atom stereocenters. The molecule has 0 aromatic heterocycles. The Hall–Kier alpha value is -3.01. The quantitative estimate of drug-likeness (QED) is 0.429. The Morgan fingerprint density at radius 3 is 2.45 bits per heavy atom. The maximum Gasteiger partial charge on any atom is 0.231 e.